The Labute approximate surface area is 96.2 Å². The molecular formula is C12H19NO3. The van der Waals surface area contributed by atoms with Gasteiger partial charge in [0.15, 0.2) is 0 Å². The molecule has 1 rings (SSSR count). The van der Waals surface area contributed by atoms with Gasteiger partial charge in [0.25, 0.3) is 0 Å². The predicted molar refractivity (Wildman–Crippen MR) is 63.0 cm³/mol. The lowest BCUT2D eigenvalue weighted by Gasteiger charge is -2.17. The Kier molecular flexibility index (Phi) is 5.08. The van der Waals surface area contributed by atoms with E-state index in [0.717, 1.165) is 17.1 Å². The van der Waals surface area contributed by atoms with Gasteiger partial charge in [-0.05, 0) is 25.1 Å². The minimum atomic E-state index is 0.109. The zero-order valence-corrected chi connectivity index (χ0v) is 9.99. The third-order valence-corrected chi connectivity index (χ3v) is 2.47. The molecule has 0 spiro atoms. The summed E-state index contributed by atoms with van der Waals surface area (Å²) >= 11 is 0. The van der Waals surface area contributed by atoms with Crippen molar-refractivity contribution in [3.63, 3.8) is 0 Å². The third-order valence-electron chi connectivity index (χ3n) is 2.47. The molecular weight excluding hydrogens is 206 g/mol. The van der Waals surface area contributed by atoms with Crippen molar-refractivity contribution in [1.82, 2.24) is 5.32 Å². The van der Waals surface area contributed by atoms with Crippen molar-refractivity contribution in [3.05, 3.63) is 23.8 Å². The molecule has 16 heavy (non-hydrogen) atoms. The lowest BCUT2D eigenvalue weighted by molar-refractivity contribution is 0.285. The predicted octanol–water partition coefficient (Wildman–Crippen LogP) is 1.35. The van der Waals surface area contributed by atoms with Gasteiger partial charge in [-0.25, -0.2) is 0 Å². The van der Waals surface area contributed by atoms with Crippen LogP contribution in [-0.4, -0.2) is 32.5 Å². The van der Waals surface area contributed by atoms with Crippen LogP contribution in [0.25, 0.3) is 0 Å². The van der Waals surface area contributed by atoms with Crippen molar-refractivity contribution in [2.24, 2.45) is 0 Å². The zero-order valence-electron chi connectivity index (χ0n) is 9.99. The second kappa shape index (κ2) is 6.35. The molecule has 0 aliphatic rings. The number of aliphatic hydroxyl groups is 1. The summed E-state index contributed by atoms with van der Waals surface area (Å²) in [6.07, 6.45) is 0. The van der Waals surface area contributed by atoms with E-state index >= 15 is 0 Å². The average Bonchev–Trinajstić information content (AvgIpc) is 2.35. The van der Waals surface area contributed by atoms with E-state index in [1.807, 2.05) is 25.1 Å². The number of ether oxygens (including phenoxy) is 2. The van der Waals surface area contributed by atoms with Gasteiger partial charge in [0, 0.05) is 18.2 Å². The average molecular weight is 225 g/mol. The lowest BCUT2D eigenvalue weighted by atomic mass is 10.1. The molecule has 1 atom stereocenters. The molecule has 0 radical (unpaired) electrons. The SMILES string of the molecule is COc1ccc(OC)c([C@@H](C)NCCO)c1. The first-order valence-corrected chi connectivity index (χ1v) is 5.29. The van der Waals surface area contributed by atoms with Crippen molar-refractivity contribution in [1.29, 1.82) is 0 Å². The van der Waals surface area contributed by atoms with Crippen LogP contribution in [0.2, 0.25) is 0 Å². The van der Waals surface area contributed by atoms with E-state index in [0.29, 0.717) is 6.54 Å². The molecule has 1 aromatic carbocycles. The van der Waals surface area contributed by atoms with Crippen LogP contribution < -0.4 is 14.8 Å². The summed E-state index contributed by atoms with van der Waals surface area (Å²) in [5.74, 6) is 1.62. The molecule has 1 aromatic rings. The van der Waals surface area contributed by atoms with Gasteiger partial charge in [-0.3, -0.25) is 0 Å². The normalized spacial score (nSPS) is 12.2. The van der Waals surface area contributed by atoms with E-state index in [2.05, 4.69) is 5.32 Å². The van der Waals surface area contributed by atoms with E-state index < -0.39 is 0 Å². The highest BCUT2D eigenvalue weighted by molar-refractivity contribution is 5.42. The van der Waals surface area contributed by atoms with Gasteiger partial charge in [-0.2, -0.15) is 0 Å². The van der Waals surface area contributed by atoms with E-state index in [1.165, 1.54) is 0 Å². The molecule has 0 aliphatic heterocycles. The van der Waals surface area contributed by atoms with Gasteiger partial charge in [-0.1, -0.05) is 0 Å². The summed E-state index contributed by atoms with van der Waals surface area (Å²) in [6.45, 7) is 2.70. The fourth-order valence-electron chi connectivity index (χ4n) is 1.57. The number of aliphatic hydroxyl groups excluding tert-OH is 1. The summed E-state index contributed by atoms with van der Waals surface area (Å²) < 4.78 is 10.5. The molecule has 0 aliphatic carbocycles. The van der Waals surface area contributed by atoms with E-state index in [9.17, 15) is 0 Å². The van der Waals surface area contributed by atoms with Crippen LogP contribution in [0.1, 0.15) is 18.5 Å². The van der Waals surface area contributed by atoms with Crippen LogP contribution in [0.5, 0.6) is 11.5 Å². The summed E-state index contributed by atoms with van der Waals surface area (Å²) in [5, 5.41) is 12.0. The van der Waals surface area contributed by atoms with Gasteiger partial charge in [-0.15, -0.1) is 0 Å². The van der Waals surface area contributed by atoms with Gasteiger partial charge in [0.1, 0.15) is 11.5 Å². The molecule has 0 amide bonds. The molecule has 2 N–H and O–H groups in total. The summed E-state index contributed by atoms with van der Waals surface area (Å²) in [7, 11) is 3.28. The monoisotopic (exact) mass is 225 g/mol. The number of benzene rings is 1. The number of hydrogen-bond donors (Lipinski definition) is 2. The highest BCUT2D eigenvalue weighted by Crippen LogP contribution is 2.28. The number of rotatable bonds is 6. The van der Waals surface area contributed by atoms with Gasteiger partial charge < -0.3 is 19.9 Å². The minimum absolute atomic E-state index is 0.109. The summed E-state index contributed by atoms with van der Waals surface area (Å²) in [4.78, 5) is 0. The third kappa shape index (κ3) is 3.12. The number of nitrogens with one attached hydrogen (secondary N) is 1. The Bertz CT molecular complexity index is 328. The van der Waals surface area contributed by atoms with Gasteiger partial charge >= 0.3 is 0 Å². The first-order chi connectivity index (χ1) is 7.72. The van der Waals surface area contributed by atoms with Crippen LogP contribution in [0, 0.1) is 0 Å². The highest BCUT2D eigenvalue weighted by atomic mass is 16.5. The number of hydrogen-bond acceptors (Lipinski definition) is 4. The van der Waals surface area contributed by atoms with Crippen molar-refractivity contribution >= 4 is 0 Å². The second-order valence-electron chi connectivity index (χ2n) is 3.51. The topological polar surface area (TPSA) is 50.7 Å². The van der Waals surface area contributed by atoms with Crippen LogP contribution in [0.4, 0.5) is 0 Å². The largest absolute Gasteiger partial charge is 0.497 e. The maximum atomic E-state index is 8.77. The summed E-state index contributed by atoms with van der Waals surface area (Å²) in [5.41, 5.74) is 1.02. The Morgan fingerprint density at radius 3 is 2.62 bits per heavy atom. The number of methoxy groups -OCH3 is 2. The lowest BCUT2D eigenvalue weighted by Crippen LogP contribution is -2.22. The molecule has 0 aromatic heterocycles. The van der Waals surface area contributed by atoms with Crippen molar-refractivity contribution in [2.45, 2.75) is 13.0 Å². The molecule has 0 bridgehead atoms. The minimum Gasteiger partial charge on any atom is -0.497 e. The van der Waals surface area contributed by atoms with Gasteiger partial charge in [0.05, 0.1) is 20.8 Å². The Balaban J connectivity index is 2.89. The fraction of sp³-hybridized carbons (Fsp3) is 0.500. The first-order valence-electron chi connectivity index (χ1n) is 5.29. The molecule has 4 nitrogen and oxygen atoms in total. The molecule has 4 heteroatoms. The van der Waals surface area contributed by atoms with E-state index in [-0.39, 0.29) is 12.6 Å². The van der Waals surface area contributed by atoms with Crippen LogP contribution in [0.15, 0.2) is 18.2 Å². The molecule has 0 unspecified atom stereocenters. The Morgan fingerprint density at radius 2 is 2.06 bits per heavy atom. The maximum absolute atomic E-state index is 8.77. The van der Waals surface area contributed by atoms with E-state index in [1.54, 1.807) is 14.2 Å². The molecule has 0 saturated heterocycles. The molecule has 0 saturated carbocycles. The maximum Gasteiger partial charge on any atom is 0.123 e. The van der Waals surface area contributed by atoms with Crippen LogP contribution in [-0.2, 0) is 0 Å². The van der Waals surface area contributed by atoms with E-state index in [4.69, 9.17) is 14.6 Å². The standard InChI is InChI=1S/C12H19NO3/c1-9(13-6-7-14)11-8-10(15-2)4-5-12(11)16-3/h4-5,8-9,13-14H,6-7H2,1-3H3/t9-/m1/s1. The van der Waals surface area contributed by atoms with Crippen LogP contribution >= 0.6 is 0 Å². The molecule has 0 heterocycles. The van der Waals surface area contributed by atoms with Crippen LogP contribution in [0.3, 0.4) is 0 Å². The highest BCUT2D eigenvalue weighted by Gasteiger charge is 2.11. The van der Waals surface area contributed by atoms with Crippen molar-refractivity contribution < 1.29 is 14.6 Å². The summed E-state index contributed by atoms with van der Waals surface area (Å²) in [6, 6.07) is 5.79. The second-order valence-corrected chi connectivity index (χ2v) is 3.51. The zero-order chi connectivity index (χ0) is 12.0. The van der Waals surface area contributed by atoms with Crippen molar-refractivity contribution in [3.8, 4) is 11.5 Å². The van der Waals surface area contributed by atoms with Gasteiger partial charge in [0.2, 0.25) is 0 Å². The molecule has 0 fully saturated rings. The molecule has 90 valence electrons. The fourth-order valence-corrected chi connectivity index (χ4v) is 1.57. The quantitative estimate of drug-likeness (QED) is 0.767. The Hall–Kier alpha value is -1.26. The first kappa shape index (κ1) is 12.8. The smallest absolute Gasteiger partial charge is 0.123 e. The van der Waals surface area contributed by atoms with Crippen molar-refractivity contribution in [2.75, 3.05) is 27.4 Å². The Morgan fingerprint density at radius 1 is 1.31 bits per heavy atom.